The van der Waals surface area contributed by atoms with E-state index in [1.807, 2.05) is 6.20 Å². The Morgan fingerprint density at radius 1 is 1.20 bits per heavy atom. The van der Waals surface area contributed by atoms with Crippen LogP contribution < -0.4 is 5.32 Å². The maximum Gasteiger partial charge on any atom is 0.106 e. The van der Waals surface area contributed by atoms with Crippen molar-refractivity contribution in [1.29, 1.82) is 0 Å². The van der Waals surface area contributed by atoms with Crippen LogP contribution in [0.4, 0.5) is 0 Å². The zero-order valence-electron chi connectivity index (χ0n) is 12.7. The molecule has 0 amide bonds. The van der Waals surface area contributed by atoms with Gasteiger partial charge in [0.25, 0.3) is 0 Å². The monoisotopic (exact) mass is 271 g/mol. The largest absolute Gasteiger partial charge is 0.342 e. The predicted octanol–water partition coefficient (Wildman–Crippen LogP) is 3.57. The van der Waals surface area contributed by atoms with Crippen LogP contribution in [0.1, 0.15) is 38.6 Å². The van der Waals surface area contributed by atoms with Gasteiger partial charge in [-0.2, -0.15) is 0 Å². The van der Waals surface area contributed by atoms with Crippen molar-refractivity contribution in [2.75, 3.05) is 6.54 Å². The Labute approximate surface area is 121 Å². The van der Waals surface area contributed by atoms with Gasteiger partial charge in [-0.1, -0.05) is 45.0 Å². The number of hydrogen-bond donors (Lipinski definition) is 2. The molecule has 3 nitrogen and oxygen atoms in total. The van der Waals surface area contributed by atoms with Crippen LogP contribution in [0.25, 0.3) is 11.3 Å². The first-order valence-electron chi connectivity index (χ1n) is 7.55. The average Bonchev–Trinajstić information content (AvgIpc) is 2.92. The molecule has 0 aliphatic heterocycles. The first kappa shape index (κ1) is 14.8. The maximum atomic E-state index is 4.47. The lowest BCUT2D eigenvalue weighted by Gasteiger charge is -2.06. The summed E-state index contributed by atoms with van der Waals surface area (Å²) >= 11 is 0. The van der Waals surface area contributed by atoms with E-state index >= 15 is 0 Å². The van der Waals surface area contributed by atoms with Gasteiger partial charge in [-0.05, 0) is 30.5 Å². The van der Waals surface area contributed by atoms with Gasteiger partial charge >= 0.3 is 0 Å². The molecule has 0 saturated heterocycles. The van der Waals surface area contributed by atoms with Gasteiger partial charge in [0, 0.05) is 12.5 Å². The second kappa shape index (κ2) is 7.25. The molecular formula is C17H25N3. The third-order valence-electron chi connectivity index (χ3n) is 3.44. The number of imidazole rings is 1. The van der Waals surface area contributed by atoms with E-state index in [0.717, 1.165) is 37.3 Å². The number of nitrogens with zero attached hydrogens (tertiary/aromatic N) is 1. The molecule has 0 bridgehead atoms. The molecule has 0 unspecified atom stereocenters. The third-order valence-corrected chi connectivity index (χ3v) is 3.44. The normalized spacial score (nSPS) is 11.2. The summed E-state index contributed by atoms with van der Waals surface area (Å²) in [5.74, 6) is 1.07. The van der Waals surface area contributed by atoms with Crippen LogP contribution in [0, 0.1) is 0 Å². The van der Waals surface area contributed by atoms with E-state index in [0.29, 0.717) is 6.04 Å². The van der Waals surface area contributed by atoms with E-state index in [1.165, 1.54) is 11.1 Å². The Balaban J connectivity index is 1.90. The lowest BCUT2D eigenvalue weighted by atomic mass is 10.1. The third kappa shape index (κ3) is 4.20. The Kier molecular flexibility index (Phi) is 5.36. The van der Waals surface area contributed by atoms with Crippen LogP contribution in [-0.2, 0) is 12.8 Å². The molecule has 0 radical (unpaired) electrons. The Hall–Kier alpha value is -1.61. The molecule has 1 aromatic heterocycles. The van der Waals surface area contributed by atoms with Crippen LogP contribution >= 0.6 is 0 Å². The van der Waals surface area contributed by atoms with Crippen LogP contribution in [0.3, 0.4) is 0 Å². The minimum absolute atomic E-state index is 0.555. The number of benzene rings is 1. The average molecular weight is 271 g/mol. The number of H-pyrrole nitrogens is 1. The molecule has 2 aromatic rings. The van der Waals surface area contributed by atoms with Gasteiger partial charge in [-0.15, -0.1) is 0 Å². The van der Waals surface area contributed by atoms with Crippen LogP contribution in [0.15, 0.2) is 30.5 Å². The zero-order valence-corrected chi connectivity index (χ0v) is 12.7. The minimum atomic E-state index is 0.555. The summed E-state index contributed by atoms with van der Waals surface area (Å²) in [4.78, 5) is 7.88. The van der Waals surface area contributed by atoms with Crippen molar-refractivity contribution in [1.82, 2.24) is 15.3 Å². The standard InChI is InChI=1S/C17H25N3/c1-4-14-7-9-15(10-8-14)16-12-19-17(20-16)6-5-11-18-13(2)3/h7-10,12-13,18H,4-6,11H2,1-3H3,(H,19,20). The van der Waals surface area contributed by atoms with Gasteiger partial charge in [-0.25, -0.2) is 4.98 Å². The summed E-state index contributed by atoms with van der Waals surface area (Å²) in [5, 5.41) is 3.43. The molecule has 20 heavy (non-hydrogen) atoms. The van der Waals surface area contributed by atoms with Crippen molar-refractivity contribution in [3.05, 3.63) is 41.9 Å². The SMILES string of the molecule is CCc1ccc(-c2cnc(CCCNC(C)C)[nH]2)cc1. The van der Waals surface area contributed by atoms with Gasteiger partial charge in [0.1, 0.15) is 5.82 Å². The molecule has 2 N–H and O–H groups in total. The summed E-state index contributed by atoms with van der Waals surface area (Å²) < 4.78 is 0. The van der Waals surface area contributed by atoms with E-state index in [4.69, 9.17) is 0 Å². The van der Waals surface area contributed by atoms with Gasteiger partial charge < -0.3 is 10.3 Å². The first-order chi connectivity index (χ1) is 9.69. The number of hydrogen-bond acceptors (Lipinski definition) is 2. The van der Waals surface area contributed by atoms with Gasteiger partial charge in [0.05, 0.1) is 11.9 Å². The molecule has 0 atom stereocenters. The van der Waals surface area contributed by atoms with Crippen molar-refractivity contribution >= 4 is 0 Å². The summed E-state index contributed by atoms with van der Waals surface area (Å²) in [7, 11) is 0. The molecule has 1 aromatic carbocycles. The predicted molar refractivity (Wildman–Crippen MR) is 84.9 cm³/mol. The smallest absolute Gasteiger partial charge is 0.106 e. The van der Waals surface area contributed by atoms with E-state index in [2.05, 4.69) is 60.3 Å². The van der Waals surface area contributed by atoms with Crippen molar-refractivity contribution in [3.63, 3.8) is 0 Å². The van der Waals surface area contributed by atoms with Crippen molar-refractivity contribution in [3.8, 4) is 11.3 Å². The number of nitrogens with one attached hydrogen (secondary N) is 2. The Morgan fingerprint density at radius 3 is 2.60 bits per heavy atom. The number of aromatic nitrogens is 2. The lowest BCUT2D eigenvalue weighted by Crippen LogP contribution is -2.24. The highest BCUT2D eigenvalue weighted by Gasteiger charge is 2.03. The quantitative estimate of drug-likeness (QED) is 0.756. The maximum absolute atomic E-state index is 4.47. The molecular weight excluding hydrogens is 246 g/mol. The van der Waals surface area contributed by atoms with E-state index in [-0.39, 0.29) is 0 Å². The number of aromatic amines is 1. The van der Waals surface area contributed by atoms with Crippen molar-refractivity contribution < 1.29 is 0 Å². The zero-order chi connectivity index (χ0) is 14.4. The molecule has 0 aliphatic carbocycles. The van der Waals surface area contributed by atoms with Gasteiger partial charge in [0.2, 0.25) is 0 Å². The molecule has 2 rings (SSSR count). The minimum Gasteiger partial charge on any atom is -0.342 e. The Morgan fingerprint density at radius 2 is 1.95 bits per heavy atom. The highest BCUT2D eigenvalue weighted by atomic mass is 14.9. The van der Waals surface area contributed by atoms with E-state index in [9.17, 15) is 0 Å². The van der Waals surface area contributed by atoms with Gasteiger partial charge in [0.15, 0.2) is 0 Å². The van der Waals surface area contributed by atoms with Crippen molar-refractivity contribution in [2.45, 2.75) is 46.1 Å². The lowest BCUT2D eigenvalue weighted by molar-refractivity contribution is 0.567. The molecule has 1 heterocycles. The second-order valence-corrected chi connectivity index (χ2v) is 5.51. The fourth-order valence-corrected chi connectivity index (χ4v) is 2.20. The van der Waals surface area contributed by atoms with Crippen LogP contribution in [0.5, 0.6) is 0 Å². The topological polar surface area (TPSA) is 40.7 Å². The van der Waals surface area contributed by atoms with E-state index < -0.39 is 0 Å². The molecule has 0 spiro atoms. The number of aryl methyl sites for hydroxylation is 2. The number of rotatable bonds is 7. The molecule has 3 heteroatoms. The van der Waals surface area contributed by atoms with Crippen LogP contribution in [-0.4, -0.2) is 22.6 Å². The fraction of sp³-hybridized carbons (Fsp3) is 0.471. The fourth-order valence-electron chi connectivity index (χ4n) is 2.20. The highest BCUT2D eigenvalue weighted by Crippen LogP contribution is 2.18. The summed E-state index contributed by atoms with van der Waals surface area (Å²) in [6, 6.07) is 9.25. The van der Waals surface area contributed by atoms with Gasteiger partial charge in [-0.3, -0.25) is 0 Å². The molecule has 0 fully saturated rings. The van der Waals surface area contributed by atoms with Crippen molar-refractivity contribution in [2.24, 2.45) is 0 Å². The first-order valence-corrected chi connectivity index (χ1v) is 7.55. The molecule has 0 saturated carbocycles. The molecule has 108 valence electrons. The summed E-state index contributed by atoms with van der Waals surface area (Å²) in [6.07, 6.45) is 5.12. The second-order valence-electron chi connectivity index (χ2n) is 5.51. The summed E-state index contributed by atoms with van der Waals surface area (Å²) in [6.45, 7) is 7.56. The summed E-state index contributed by atoms with van der Waals surface area (Å²) in [5.41, 5.74) is 3.69. The van der Waals surface area contributed by atoms with Crippen LogP contribution in [0.2, 0.25) is 0 Å². The molecule has 0 aliphatic rings. The highest BCUT2D eigenvalue weighted by molar-refractivity contribution is 5.58. The Bertz CT molecular complexity index is 511. The van der Waals surface area contributed by atoms with E-state index in [1.54, 1.807) is 0 Å².